The zero-order valence-corrected chi connectivity index (χ0v) is 7.33. The molecule has 0 N–H and O–H groups in total. The van der Waals surface area contributed by atoms with Gasteiger partial charge in [0, 0.05) is 24.2 Å². The van der Waals surface area contributed by atoms with Gasteiger partial charge in [-0.1, -0.05) is 13.0 Å². The van der Waals surface area contributed by atoms with Crippen molar-refractivity contribution in [2.24, 2.45) is 0 Å². The van der Waals surface area contributed by atoms with Crippen LogP contribution in [0.2, 0.25) is 0 Å². The molecule has 12 heavy (non-hydrogen) atoms. The quantitative estimate of drug-likeness (QED) is 0.618. The van der Waals surface area contributed by atoms with Gasteiger partial charge in [-0.25, -0.2) is 0 Å². The van der Waals surface area contributed by atoms with E-state index in [9.17, 15) is 0 Å². The van der Waals surface area contributed by atoms with Crippen LogP contribution in [0.5, 0.6) is 0 Å². The number of terminal acetylenes is 1. The molecule has 0 aliphatic carbocycles. The van der Waals surface area contributed by atoms with E-state index >= 15 is 0 Å². The molecule has 1 aromatic rings. The molecule has 0 aliphatic rings. The Hall–Kier alpha value is -1.29. The maximum absolute atomic E-state index is 5.26. The first-order chi connectivity index (χ1) is 5.88. The van der Waals surface area contributed by atoms with E-state index in [-0.39, 0.29) is 0 Å². The standard InChI is InChI=1S/C11H13N/c1-3-7-10(4-2)11-8-5-6-9-12-11/h1,5-6,8-10H,4,7H2,2H3. The Labute approximate surface area is 73.8 Å². The Morgan fingerprint density at radius 2 is 2.42 bits per heavy atom. The highest BCUT2D eigenvalue weighted by Gasteiger charge is 2.07. The van der Waals surface area contributed by atoms with Crippen LogP contribution < -0.4 is 0 Å². The van der Waals surface area contributed by atoms with Gasteiger partial charge < -0.3 is 0 Å². The van der Waals surface area contributed by atoms with E-state index in [0.717, 1.165) is 18.5 Å². The van der Waals surface area contributed by atoms with Gasteiger partial charge in [0.05, 0.1) is 0 Å². The molecule has 0 fully saturated rings. The van der Waals surface area contributed by atoms with Gasteiger partial charge in [0.1, 0.15) is 0 Å². The molecule has 1 aromatic heterocycles. The Balaban J connectivity index is 2.75. The third-order valence-electron chi connectivity index (χ3n) is 1.96. The van der Waals surface area contributed by atoms with E-state index in [0.29, 0.717) is 5.92 Å². The minimum absolute atomic E-state index is 0.427. The van der Waals surface area contributed by atoms with Crippen LogP contribution in [-0.2, 0) is 0 Å². The highest BCUT2D eigenvalue weighted by Crippen LogP contribution is 2.19. The van der Waals surface area contributed by atoms with Crippen molar-refractivity contribution in [2.45, 2.75) is 25.7 Å². The van der Waals surface area contributed by atoms with Crippen molar-refractivity contribution < 1.29 is 0 Å². The maximum atomic E-state index is 5.26. The normalized spacial score (nSPS) is 12.0. The smallest absolute Gasteiger partial charge is 0.0443 e. The van der Waals surface area contributed by atoms with Crippen molar-refractivity contribution in [3.8, 4) is 12.3 Å². The fourth-order valence-corrected chi connectivity index (χ4v) is 1.22. The first-order valence-electron chi connectivity index (χ1n) is 4.22. The molecular formula is C11H13N. The molecule has 62 valence electrons. The summed E-state index contributed by atoms with van der Waals surface area (Å²) < 4.78 is 0. The van der Waals surface area contributed by atoms with Gasteiger partial charge >= 0.3 is 0 Å². The van der Waals surface area contributed by atoms with Gasteiger partial charge in [0.15, 0.2) is 0 Å². The second-order valence-electron chi connectivity index (χ2n) is 2.77. The summed E-state index contributed by atoms with van der Waals surface area (Å²) in [6, 6.07) is 5.96. The lowest BCUT2D eigenvalue weighted by molar-refractivity contribution is 0.663. The van der Waals surface area contributed by atoms with Crippen LogP contribution in [-0.4, -0.2) is 4.98 Å². The van der Waals surface area contributed by atoms with Crippen LogP contribution in [0.4, 0.5) is 0 Å². The summed E-state index contributed by atoms with van der Waals surface area (Å²) >= 11 is 0. The highest BCUT2D eigenvalue weighted by atomic mass is 14.7. The van der Waals surface area contributed by atoms with E-state index in [4.69, 9.17) is 6.42 Å². The third kappa shape index (κ3) is 2.10. The number of pyridine rings is 1. The molecule has 1 unspecified atom stereocenters. The maximum Gasteiger partial charge on any atom is 0.0443 e. The first kappa shape index (κ1) is 8.80. The van der Waals surface area contributed by atoms with Gasteiger partial charge in [-0.15, -0.1) is 12.3 Å². The summed E-state index contributed by atoms with van der Waals surface area (Å²) in [6.45, 7) is 2.14. The van der Waals surface area contributed by atoms with E-state index in [2.05, 4.69) is 17.8 Å². The number of hydrogen-bond acceptors (Lipinski definition) is 1. The molecule has 0 saturated heterocycles. The van der Waals surface area contributed by atoms with Crippen molar-refractivity contribution in [3.63, 3.8) is 0 Å². The van der Waals surface area contributed by atoms with Crippen molar-refractivity contribution >= 4 is 0 Å². The van der Waals surface area contributed by atoms with E-state index < -0.39 is 0 Å². The van der Waals surface area contributed by atoms with E-state index in [1.54, 1.807) is 0 Å². The monoisotopic (exact) mass is 159 g/mol. The van der Waals surface area contributed by atoms with Crippen molar-refractivity contribution in [2.75, 3.05) is 0 Å². The second kappa shape index (κ2) is 4.56. The predicted molar refractivity (Wildman–Crippen MR) is 50.7 cm³/mol. The Bertz CT molecular complexity index is 258. The Morgan fingerprint density at radius 3 is 2.92 bits per heavy atom. The van der Waals surface area contributed by atoms with Gasteiger partial charge in [0.25, 0.3) is 0 Å². The van der Waals surface area contributed by atoms with Crippen LogP contribution >= 0.6 is 0 Å². The number of rotatable bonds is 3. The van der Waals surface area contributed by atoms with Crippen LogP contribution in [0.25, 0.3) is 0 Å². The van der Waals surface area contributed by atoms with Crippen LogP contribution in [0, 0.1) is 12.3 Å². The summed E-state index contributed by atoms with van der Waals surface area (Å²) in [4.78, 5) is 4.27. The predicted octanol–water partition coefficient (Wildman–Crippen LogP) is 2.60. The molecule has 1 atom stereocenters. The molecule has 1 rings (SSSR count). The fourth-order valence-electron chi connectivity index (χ4n) is 1.22. The molecular weight excluding hydrogens is 146 g/mol. The van der Waals surface area contributed by atoms with Crippen LogP contribution in [0.3, 0.4) is 0 Å². The molecule has 1 heteroatoms. The van der Waals surface area contributed by atoms with Gasteiger partial charge in [0.2, 0.25) is 0 Å². The average molecular weight is 159 g/mol. The number of hydrogen-bond donors (Lipinski definition) is 0. The molecule has 0 saturated carbocycles. The van der Waals surface area contributed by atoms with Crippen LogP contribution in [0.15, 0.2) is 24.4 Å². The van der Waals surface area contributed by atoms with Gasteiger partial charge in [-0.3, -0.25) is 4.98 Å². The fraction of sp³-hybridized carbons (Fsp3) is 0.364. The van der Waals surface area contributed by atoms with Gasteiger partial charge in [-0.05, 0) is 18.6 Å². The minimum Gasteiger partial charge on any atom is -0.261 e. The summed E-state index contributed by atoms with van der Waals surface area (Å²) in [5, 5.41) is 0. The van der Waals surface area contributed by atoms with Crippen LogP contribution in [0.1, 0.15) is 31.4 Å². The Kier molecular flexibility index (Phi) is 3.35. The zero-order chi connectivity index (χ0) is 8.81. The Morgan fingerprint density at radius 1 is 1.58 bits per heavy atom. The second-order valence-corrected chi connectivity index (χ2v) is 2.77. The zero-order valence-electron chi connectivity index (χ0n) is 7.33. The molecule has 1 heterocycles. The first-order valence-corrected chi connectivity index (χ1v) is 4.22. The topological polar surface area (TPSA) is 12.9 Å². The highest BCUT2D eigenvalue weighted by molar-refractivity contribution is 5.11. The number of aromatic nitrogens is 1. The summed E-state index contributed by atoms with van der Waals surface area (Å²) in [6.07, 6.45) is 8.92. The lowest BCUT2D eigenvalue weighted by atomic mass is 9.98. The molecule has 0 spiro atoms. The largest absolute Gasteiger partial charge is 0.261 e. The summed E-state index contributed by atoms with van der Waals surface area (Å²) in [5.74, 6) is 3.10. The molecule has 0 aromatic carbocycles. The van der Waals surface area contributed by atoms with E-state index in [1.165, 1.54) is 0 Å². The minimum atomic E-state index is 0.427. The SMILES string of the molecule is C#CCC(CC)c1ccccn1. The van der Waals surface area contributed by atoms with Crippen molar-refractivity contribution in [1.82, 2.24) is 4.98 Å². The van der Waals surface area contributed by atoms with E-state index in [1.807, 2.05) is 24.4 Å². The van der Waals surface area contributed by atoms with Gasteiger partial charge in [-0.2, -0.15) is 0 Å². The van der Waals surface area contributed by atoms with Crippen molar-refractivity contribution in [3.05, 3.63) is 30.1 Å². The average Bonchev–Trinajstić information content (AvgIpc) is 2.15. The molecule has 0 amide bonds. The molecule has 1 nitrogen and oxygen atoms in total. The molecule has 0 bridgehead atoms. The summed E-state index contributed by atoms with van der Waals surface area (Å²) in [7, 11) is 0. The van der Waals surface area contributed by atoms with Crippen molar-refractivity contribution in [1.29, 1.82) is 0 Å². The number of nitrogens with zero attached hydrogens (tertiary/aromatic N) is 1. The summed E-state index contributed by atoms with van der Waals surface area (Å²) in [5.41, 5.74) is 1.11. The molecule has 0 aliphatic heterocycles. The lowest BCUT2D eigenvalue weighted by Crippen LogP contribution is -1.98. The third-order valence-corrected chi connectivity index (χ3v) is 1.96. The lowest BCUT2D eigenvalue weighted by Gasteiger charge is -2.09. The molecule has 0 radical (unpaired) electrons.